The van der Waals surface area contributed by atoms with Crippen molar-refractivity contribution in [2.24, 2.45) is 0 Å². The molecule has 0 aliphatic carbocycles. The monoisotopic (exact) mass is 457 g/mol. The number of nitrogens with one attached hydrogen (secondary N) is 1. The molecular weight excluding hydrogens is 434 g/mol. The van der Waals surface area contributed by atoms with E-state index >= 15 is 0 Å². The lowest BCUT2D eigenvalue weighted by Crippen LogP contribution is -2.41. The van der Waals surface area contributed by atoms with E-state index in [1.54, 1.807) is 24.3 Å². The number of benzene rings is 2. The van der Waals surface area contributed by atoms with Crippen molar-refractivity contribution in [3.8, 4) is 22.9 Å². The molecule has 1 amide bonds. The molecular formula is C22H23N3O6S. The van der Waals surface area contributed by atoms with E-state index in [2.05, 4.69) is 15.5 Å². The van der Waals surface area contributed by atoms with Gasteiger partial charge in [0.05, 0.1) is 25.3 Å². The molecule has 1 aliphatic heterocycles. The van der Waals surface area contributed by atoms with Gasteiger partial charge in [0.15, 0.2) is 9.84 Å². The van der Waals surface area contributed by atoms with Crippen LogP contribution in [-0.2, 0) is 20.4 Å². The summed E-state index contributed by atoms with van der Waals surface area (Å²) < 4.78 is 41.7. The van der Waals surface area contributed by atoms with E-state index in [-0.39, 0.29) is 17.8 Å². The SMILES string of the molecule is COc1ccccc1-c1noc(CS(=O)(=O)C(C)C(=O)NC2CCOc3ccccc32)n1. The van der Waals surface area contributed by atoms with Gasteiger partial charge < -0.3 is 19.3 Å². The highest BCUT2D eigenvalue weighted by Crippen LogP contribution is 2.32. The molecule has 4 rings (SSSR count). The smallest absolute Gasteiger partial charge is 0.242 e. The first kappa shape index (κ1) is 21.8. The summed E-state index contributed by atoms with van der Waals surface area (Å²) in [5, 5.41) is 5.40. The first-order valence-corrected chi connectivity index (χ1v) is 11.8. The third-order valence-electron chi connectivity index (χ3n) is 5.32. The van der Waals surface area contributed by atoms with Crippen LogP contribution in [0.15, 0.2) is 53.1 Å². The van der Waals surface area contributed by atoms with Crippen LogP contribution in [-0.4, -0.2) is 43.4 Å². The van der Waals surface area contributed by atoms with E-state index in [1.807, 2.05) is 24.3 Å². The Morgan fingerprint density at radius 3 is 2.78 bits per heavy atom. The standard InChI is InChI=1S/C22H23N3O6S/c1-14(22(26)23-17-11-12-30-19-10-6-3-7-15(17)19)32(27,28)13-20-24-21(25-31-20)16-8-4-5-9-18(16)29-2/h3-10,14,17H,11-13H2,1-2H3,(H,23,26). The second kappa shape index (κ2) is 8.99. The number of carbonyl (C=O) groups excluding carboxylic acids is 1. The lowest BCUT2D eigenvalue weighted by Gasteiger charge is -2.27. The van der Waals surface area contributed by atoms with Gasteiger partial charge in [-0.1, -0.05) is 35.5 Å². The number of para-hydroxylation sites is 2. The molecule has 168 valence electrons. The van der Waals surface area contributed by atoms with Crippen molar-refractivity contribution in [1.29, 1.82) is 0 Å². The number of hydrogen-bond acceptors (Lipinski definition) is 8. The van der Waals surface area contributed by atoms with Gasteiger partial charge in [-0.15, -0.1) is 0 Å². The number of nitrogens with zero attached hydrogens (tertiary/aromatic N) is 2. The summed E-state index contributed by atoms with van der Waals surface area (Å²) in [6.07, 6.45) is 0.557. The Morgan fingerprint density at radius 1 is 1.22 bits per heavy atom. The number of fused-ring (bicyclic) bond motifs is 1. The summed E-state index contributed by atoms with van der Waals surface area (Å²) in [6.45, 7) is 1.80. The first-order valence-electron chi connectivity index (χ1n) is 10.1. The van der Waals surface area contributed by atoms with Crippen LogP contribution in [0.2, 0.25) is 0 Å². The number of ether oxygens (including phenoxy) is 2. The maximum atomic E-state index is 12.9. The molecule has 0 saturated heterocycles. The Hall–Kier alpha value is -3.40. The normalized spacial score (nSPS) is 16.5. The van der Waals surface area contributed by atoms with Crippen LogP contribution < -0.4 is 14.8 Å². The second-order valence-electron chi connectivity index (χ2n) is 7.40. The van der Waals surface area contributed by atoms with Gasteiger partial charge in [0, 0.05) is 12.0 Å². The zero-order chi connectivity index (χ0) is 22.7. The maximum absolute atomic E-state index is 12.9. The highest BCUT2D eigenvalue weighted by molar-refractivity contribution is 7.92. The van der Waals surface area contributed by atoms with E-state index < -0.39 is 26.7 Å². The Bertz CT molecular complexity index is 1220. The minimum Gasteiger partial charge on any atom is -0.496 e. The topological polar surface area (TPSA) is 121 Å². The number of rotatable bonds is 7. The van der Waals surface area contributed by atoms with Gasteiger partial charge in [-0.3, -0.25) is 4.79 Å². The van der Waals surface area contributed by atoms with E-state index in [0.717, 1.165) is 5.56 Å². The molecule has 3 aromatic rings. The number of sulfone groups is 1. The van der Waals surface area contributed by atoms with Crippen molar-refractivity contribution in [3.05, 3.63) is 60.0 Å². The molecule has 2 atom stereocenters. The predicted octanol–water partition coefficient (Wildman–Crippen LogP) is 2.69. The van der Waals surface area contributed by atoms with E-state index in [1.165, 1.54) is 14.0 Å². The van der Waals surface area contributed by atoms with Crippen molar-refractivity contribution < 1.29 is 27.2 Å². The number of hydrogen-bond donors (Lipinski definition) is 1. The molecule has 0 spiro atoms. The van der Waals surface area contributed by atoms with Gasteiger partial charge in [0.1, 0.15) is 22.5 Å². The summed E-state index contributed by atoms with van der Waals surface area (Å²) in [4.78, 5) is 16.9. The molecule has 32 heavy (non-hydrogen) atoms. The zero-order valence-electron chi connectivity index (χ0n) is 17.6. The minimum absolute atomic E-state index is 0.0954. The zero-order valence-corrected chi connectivity index (χ0v) is 18.5. The number of methoxy groups -OCH3 is 1. The van der Waals surface area contributed by atoms with Crippen LogP contribution in [0.5, 0.6) is 11.5 Å². The molecule has 2 unspecified atom stereocenters. The summed E-state index contributed by atoms with van der Waals surface area (Å²) >= 11 is 0. The Kier molecular flexibility index (Phi) is 6.13. The van der Waals surface area contributed by atoms with Gasteiger partial charge >= 0.3 is 0 Å². The van der Waals surface area contributed by atoms with E-state index in [4.69, 9.17) is 14.0 Å². The van der Waals surface area contributed by atoms with Crippen molar-refractivity contribution in [2.45, 2.75) is 30.4 Å². The molecule has 9 nitrogen and oxygen atoms in total. The molecule has 1 N–H and O–H groups in total. The number of amides is 1. The molecule has 0 bridgehead atoms. The van der Waals surface area contributed by atoms with Gasteiger partial charge in [-0.2, -0.15) is 4.98 Å². The van der Waals surface area contributed by atoms with Crippen LogP contribution in [0.1, 0.15) is 30.8 Å². The second-order valence-corrected chi connectivity index (χ2v) is 9.72. The molecule has 1 aliphatic rings. The maximum Gasteiger partial charge on any atom is 0.242 e. The van der Waals surface area contributed by atoms with Crippen molar-refractivity contribution in [3.63, 3.8) is 0 Å². The lowest BCUT2D eigenvalue weighted by molar-refractivity contribution is -0.121. The van der Waals surface area contributed by atoms with Gasteiger partial charge in [0.2, 0.25) is 17.6 Å². The lowest BCUT2D eigenvalue weighted by atomic mass is 10.0. The van der Waals surface area contributed by atoms with Crippen molar-refractivity contribution in [1.82, 2.24) is 15.5 Å². The van der Waals surface area contributed by atoms with E-state index in [0.29, 0.717) is 30.1 Å². The van der Waals surface area contributed by atoms with Crippen molar-refractivity contribution in [2.75, 3.05) is 13.7 Å². The third kappa shape index (κ3) is 4.45. The van der Waals surface area contributed by atoms with Crippen LogP contribution in [0.3, 0.4) is 0 Å². The average molecular weight is 458 g/mol. The van der Waals surface area contributed by atoms with Gasteiger partial charge in [-0.05, 0) is 25.1 Å². The fraction of sp³-hybridized carbons (Fsp3) is 0.318. The molecule has 0 fully saturated rings. The fourth-order valence-electron chi connectivity index (χ4n) is 3.49. The molecule has 0 radical (unpaired) electrons. The van der Waals surface area contributed by atoms with Crippen molar-refractivity contribution >= 4 is 15.7 Å². The predicted molar refractivity (Wildman–Crippen MR) is 116 cm³/mol. The molecule has 0 saturated carbocycles. The summed E-state index contributed by atoms with van der Waals surface area (Å²) in [5.41, 5.74) is 1.40. The highest BCUT2D eigenvalue weighted by Gasteiger charge is 2.33. The summed E-state index contributed by atoms with van der Waals surface area (Å²) in [6, 6.07) is 14.1. The van der Waals surface area contributed by atoms with Crippen LogP contribution >= 0.6 is 0 Å². The van der Waals surface area contributed by atoms with E-state index in [9.17, 15) is 13.2 Å². The molecule has 2 aromatic carbocycles. The van der Waals surface area contributed by atoms with Crippen LogP contribution in [0, 0.1) is 0 Å². The van der Waals surface area contributed by atoms with Crippen LogP contribution in [0.25, 0.3) is 11.4 Å². The van der Waals surface area contributed by atoms with Crippen LogP contribution in [0.4, 0.5) is 0 Å². The molecule has 2 heterocycles. The summed E-state index contributed by atoms with van der Waals surface area (Å²) in [7, 11) is -2.38. The first-order chi connectivity index (χ1) is 15.4. The molecule has 10 heteroatoms. The molecule has 1 aromatic heterocycles. The Morgan fingerprint density at radius 2 is 1.97 bits per heavy atom. The largest absolute Gasteiger partial charge is 0.496 e. The Balaban J connectivity index is 1.46. The van der Waals surface area contributed by atoms with Gasteiger partial charge in [0.25, 0.3) is 0 Å². The summed E-state index contributed by atoms with van der Waals surface area (Å²) in [5.74, 6) is 0.205. The quantitative estimate of drug-likeness (QED) is 0.575. The Labute approximate surface area is 185 Å². The third-order valence-corrected chi connectivity index (χ3v) is 7.26. The number of aromatic nitrogens is 2. The minimum atomic E-state index is -3.90. The highest BCUT2D eigenvalue weighted by atomic mass is 32.2. The fourth-order valence-corrected chi connectivity index (χ4v) is 4.60. The number of carbonyl (C=O) groups is 1. The average Bonchev–Trinajstić information content (AvgIpc) is 3.26. The van der Waals surface area contributed by atoms with Gasteiger partial charge in [-0.25, -0.2) is 8.42 Å².